The van der Waals surface area contributed by atoms with Gasteiger partial charge in [0.1, 0.15) is 11.4 Å². The number of hydrogen-bond acceptors (Lipinski definition) is 5. The number of carbonyl (C=O) groups excluding carboxylic acids is 2. The third kappa shape index (κ3) is 5.20. The van der Waals surface area contributed by atoms with E-state index < -0.39 is 5.91 Å². The first-order chi connectivity index (χ1) is 13.0. The molecule has 0 aliphatic heterocycles. The van der Waals surface area contributed by atoms with Crippen molar-refractivity contribution < 1.29 is 19.1 Å². The molecule has 27 heavy (non-hydrogen) atoms. The predicted molar refractivity (Wildman–Crippen MR) is 104 cm³/mol. The average molecular weight is 371 g/mol. The van der Waals surface area contributed by atoms with E-state index in [9.17, 15) is 9.59 Å². The summed E-state index contributed by atoms with van der Waals surface area (Å²) in [6, 6.07) is 9.88. The molecule has 0 unspecified atom stereocenters. The van der Waals surface area contributed by atoms with Crippen LogP contribution in [0.3, 0.4) is 0 Å². The van der Waals surface area contributed by atoms with Gasteiger partial charge in [0.2, 0.25) is 0 Å². The summed E-state index contributed by atoms with van der Waals surface area (Å²) in [4.78, 5) is 30.8. The maximum absolute atomic E-state index is 12.5. The number of nitrogens with one attached hydrogen (secondary N) is 1. The number of hydrogen-bond donors (Lipinski definition) is 1. The Hall–Kier alpha value is -3.09. The average Bonchev–Trinajstić information content (AvgIpc) is 2.71. The number of unbranched alkanes of at least 4 members (excludes halogenated alkanes) is 1. The van der Waals surface area contributed by atoms with Gasteiger partial charge in [-0.1, -0.05) is 19.4 Å². The minimum absolute atomic E-state index is 0.166. The van der Waals surface area contributed by atoms with Gasteiger partial charge in [0.15, 0.2) is 11.5 Å². The van der Waals surface area contributed by atoms with E-state index in [1.807, 2.05) is 0 Å². The van der Waals surface area contributed by atoms with Crippen LogP contribution < -0.4 is 14.8 Å². The van der Waals surface area contributed by atoms with E-state index in [-0.39, 0.29) is 17.3 Å². The number of aromatic nitrogens is 1. The highest BCUT2D eigenvalue weighted by Crippen LogP contribution is 2.29. The number of pyridine rings is 1. The molecule has 1 N–H and O–H groups in total. The Bertz CT molecular complexity index is 808. The molecule has 0 saturated carbocycles. The first-order valence-corrected chi connectivity index (χ1v) is 8.76. The van der Waals surface area contributed by atoms with Gasteiger partial charge in [0.25, 0.3) is 11.8 Å². The lowest BCUT2D eigenvalue weighted by Gasteiger charge is -2.16. The van der Waals surface area contributed by atoms with Gasteiger partial charge in [-0.05, 0) is 30.7 Å². The zero-order valence-corrected chi connectivity index (χ0v) is 16.1. The Morgan fingerprint density at radius 1 is 1.07 bits per heavy atom. The van der Waals surface area contributed by atoms with Crippen molar-refractivity contribution in [3.63, 3.8) is 0 Å². The van der Waals surface area contributed by atoms with Crippen LogP contribution >= 0.6 is 0 Å². The smallest absolute Gasteiger partial charge is 0.274 e. The molecule has 144 valence electrons. The van der Waals surface area contributed by atoms with Crippen molar-refractivity contribution in [3.05, 3.63) is 47.8 Å². The standard InChI is InChI=1S/C20H25N3O4/c1-5-6-12-23(2)20(25)16-9-7-8-15(22-16)19(24)21-14-10-11-17(26-3)18(13-14)27-4/h7-11,13H,5-6,12H2,1-4H3,(H,21,24). The van der Waals surface area contributed by atoms with Crippen molar-refractivity contribution in [3.8, 4) is 11.5 Å². The fraction of sp³-hybridized carbons (Fsp3) is 0.350. The maximum atomic E-state index is 12.5. The van der Waals surface area contributed by atoms with Crippen LogP contribution in [0.15, 0.2) is 36.4 Å². The van der Waals surface area contributed by atoms with Crippen LogP contribution in [0.25, 0.3) is 0 Å². The number of anilines is 1. The maximum Gasteiger partial charge on any atom is 0.274 e. The van der Waals surface area contributed by atoms with Crippen LogP contribution in [0.5, 0.6) is 11.5 Å². The lowest BCUT2D eigenvalue weighted by atomic mass is 10.2. The third-order valence-electron chi connectivity index (χ3n) is 4.04. The van der Waals surface area contributed by atoms with Gasteiger partial charge in [0, 0.05) is 25.3 Å². The molecule has 0 aliphatic rings. The second kappa shape index (κ2) is 9.56. The first-order valence-electron chi connectivity index (χ1n) is 8.76. The second-order valence-corrected chi connectivity index (χ2v) is 6.01. The lowest BCUT2D eigenvalue weighted by molar-refractivity contribution is 0.0787. The van der Waals surface area contributed by atoms with E-state index in [2.05, 4.69) is 17.2 Å². The molecule has 0 fully saturated rings. The molecule has 0 radical (unpaired) electrons. The third-order valence-corrected chi connectivity index (χ3v) is 4.04. The SMILES string of the molecule is CCCCN(C)C(=O)c1cccc(C(=O)Nc2ccc(OC)c(OC)c2)n1. The Kier molecular flexibility index (Phi) is 7.16. The zero-order chi connectivity index (χ0) is 19.8. The Morgan fingerprint density at radius 2 is 1.78 bits per heavy atom. The molecule has 2 amide bonds. The highest BCUT2D eigenvalue weighted by molar-refractivity contribution is 6.04. The molecule has 7 nitrogen and oxygen atoms in total. The number of benzene rings is 1. The van der Waals surface area contributed by atoms with E-state index in [1.165, 1.54) is 7.11 Å². The van der Waals surface area contributed by atoms with E-state index in [0.717, 1.165) is 12.8 Å². The summed E-state index contributed by atoms with van der Waals surface area (Å²) in [5.41, 5.74) is 0.948. The van der Waals surface area contributed by atoms with Crippen molar-refractivity contribution in [1.82, 2.24) is 9.88 Å². The number of rotatable bonds is 8. The fourth-order valence-corrected chi connectivity index (χ4v) is 2.48. The van der Waals surface area contributed by atoms with Crippen LogP contribution in [0.4, 0.5) is 5.69 Å². The molecule has 1 aromatic carbocycles. The van der Waals surface area contributed by atoms with Crippen LogP contribution in [0.1, 0.15) is 40.7 Å². The minimum atomic E-state index is -0.409. The Balaban J connectivity index is 2.14. The van der Waals surface area contributed by atoms with E-state index in [4.69, 9.17) is 9.47 Å². The monoisotopic (exact) mass is 371 g/mol. The second-order valence-electron chi connectivity index (χ2n) is 6.01. The normalized spacial score (nSPS) is 10.2. The molecule has 0 atom stereocenters. The van der Waals surface area contributed by atoms with Crippen LogP contribution in [0, 0.1) is 0 Å². The molecule has 7 heteroatoms. The van der Waals surface area contributed by atoms with Gasteiger partial charge in [0.05, 0.1) is 14.2 Å². The summed E-state index contributed by atoms with van der Waals surface area (Å²) in [6.07, 6.45) is 1.92. The van der Waals surface area contributed by atoms with Crippen molar-refractivity contribution >= 4 is 17.5 Å². The predicted octanol–water partition coefficient (Wildman–Crippen LogP) is 3.22. The molecule has 2 rings (SSSR count). The molecule has 2 aromatic rings. The fourth-order valence-electron chi connectivity index (χ4n) is 2.48. The summed E-state index contributed by atoms with van der Waals surface area (Å²) in [5, 5.41) is 2.75. The van der Waals surface area contributed by atoms with Gasteiger partial charge in [-0.3, -0.25) is 9.59 Å². The lowest BCUT2D eigenvalue weighted by Crippen LogP contribution is -2.29. The number of carbonyl (C=O) groups is 2. The molecule has 0 spiro atoms. The van der Waals surface area contributed by atoms with Crippen LogP contribution in [-0.4, -0.2) is 49.5 Å². The Labute approximate surface area is 159 Å². The van der Waals surface area contributed by atoms with Gasteiger partial charge < -0.3 is 19.7 Å². The number of methoxy groups -OCH3 is 2. The Morgan fingerprint density at radius 3 is 2.44 bits per heavy atom. The molecule has 0 bridgehead atoms. The first kappa shape index (κ1) is 20.2. The minimum Gasteiger partial charge on any atom is -0.493 e. The van der Waals surface area contributed by atoms with Gasteiger partial charge in [-0.25, -0.2) is 4.98 Å². The van der Waals surface area contributed by atoms with Crippen LogP contribution in [-0.2, 0) is 0 Å². The van der Waals surface area contributed by atoms with Gasteiger partial charge in [-0.2, -0.15) is 0 Å². The highest BCUT2D eigenvalue weighted by atomic mass is 16.5. The summed E-state index contributed by atoms with van der Waals surface area (Å²) in [5.74, 6) is 0.457. The zero-order valence-electron chi connectivity index (χ0n) is 16.1. The topological polar surface area (TPSA) is 80.8 Å². The quantitative estimate of drug-likeness (QED) is 0.771. The van der Waals surface area contributed by atoms with E-state index >= 15 is 0 Å². The summed E-state index contributed by atoms with van der Waals surface area (Å²) >= 11 is 0. The van der Waals surface area contributed by atoms with Gasteiger partial charge >= 0.3 is 0 Å². The number of amides is 2. The van der Waals surface area contributed by atoms with Crippen LogP contribution in [0.2, 0.25) is 0 Å². The molecule has 0 saturated heterocycles. The molecule has 1 heterocycles. The molecule has 1 aromatic heterocycles. The van der Waals surface area contributed by atoms with E-state index in [0.29, 0.717) is 23.7 Å². The largest absolute Gasteiger partial charge is 0.493 e. The van der Waals surface area contributed by atoms with Crippen molar-refractivity contribution in [1.29, 1.82) is 0 Å². The number of ether oxygens (including phenoxy) is 2. The highest BCUT2D eigenvalue weighted by Gasteiger charge is 2.16. The van der Waals surface area contributed by atoms with Crippen molar-refractivity contribution in [2.24, 2.45) is 0 Å². The molecular formula is C20H25N3O4. The molecular weight excluding hydrogens is 346 g/mol. The molecule has 0 aliphatic carbocycles. The van der Waals surface area contributed by atoms with Crippen molar-refractivity contribution in [2.75, 3.05) is 33.1 Å². The summed E-state index contributed by atoms with van der Waals surface area (Å²) < 4.78 is 10.4. The number of nitrogens with zero attached hydrogens (tertiary/aromatic N) is 2. The van der Waals surface area contributed by atoms with E-state index in [1.54, 1.807) is 55.5 Å². The van der Waals surface area contributed by atoms with Gasteiger partial charge in [-0.15, -0.1) is 0 Å². The summed E-state index contributed by atoms with van der Waals surface area (Å²) in [7, 11) is 4.80. The summed E-state index contributed by atoms with van der Waals surface area (Å²) in [6.45, 7) is 2.72. The van der Waals surface area contributed by atoms with Crippen molar-refractivity contribution in [2.45, 2.75) is 19.8 Å².